The van der Waals surface area contributed by atoms with E-state index >= 15 is 0 Å². The van der Waals surface area contributed by atoms with Crippen LogP contribution < -0.4 is 14.4 Å². The van der Waals surface area contributed by atoms with Crippen molar-refractivity contribution in [3.8, 4) is 5.75 Å². The van der Waals surface area contributed by atoms with Crippen LogP contribution in [0.15, 0.2) is 53.4 Å². The van der Waals surface area contributed by atoms with Gasteiger partial charge in [0.25, 0.3) is 10.0 Å². The molecule has 0 saturated heterocycles. The number of nitrogens with one attached hydrogen (secondary N) is 1. The van der Waals surface area contributed by atoms with Crippen LogP contribution >= 0.6 is 11.6 Å². The predicted octanol–water partition coefficient (Wildman–Crippen LogP) is 3.60. The van der Waals surface area contributed by atoms with Gasteiger partial charge in [-0.1, -0.05) is 24.4 Å². The van der Waals surface area contributed by atoms with Gasteiger partial charge in [-0.3, -0.25) is 9.10 Å². The van der Waals surface area contributed by atoms with Crippen molar-refractivity contribution in [1.29, 1.82) is 0 Å². The molecule has 0 aliphatic heterocycles. The van der Waals surface area contributed by atoms with E-state index in [0.717, 1.165) is 30.0 Å². The number of benzene rings is 2. The molecule has 28 heavy (non-hydrogen) atoms. The third kappa shape index (κ3) is 4.77. The van der Waals surface area contributed by atoms with Gasteiger partial charge in [0.05, 0.1) is 17.7 Å². The molecule has 3 rings (SSSR count). The van der Waals surface area contributed by atoms with Crippen LogP contribution in [0.3, 0.4) is 0 Å². The summed E-state index contributed by atoms with van der Waals surface area (Å²) in [7, 11) is -2.44. The number of sulfonamides is 1. The first-order valence-corrected chi connectivity index (χ1v) is 10.9. The summed E-state index contributed by atoms with van der Waals surface area (Å²) in [5.74, 6) is 0.231. The summed E-state index contributed by atoms with van der Waals surface area (Å²) in [6.45, 7) is -0.299. The lowest BCUT2D eigenvalue weighted by Gasteiger charge is -2.25. The zero-order chi connectivity index (χ0) is 20.1. The number of carbonyl (C=O) groups is 1. The van der Waals surface area contributed by atoms with Crippen molar-refractivity contribution < 1.29 is 17.9 Å². The Hall–Kier alpha value is -2.25. The van der Waals surface area contributed by atoms with Crippen molar-refractivity contribution >= 4 is 33.2 Å². The van der Waals surface area contributed by atoms with Gasteiger partial charge in [-0.05, 0) is 61.4 Å². The van der Waals surface area contributed by atoms with Crippen LogP contribution in [0.1, 0.15) is 25.7 Å². The van der Waals surface area contributed by atoms with Gasteiger partial charge >= 0.3 is 0 Å². The number of rotatable bonds is 7. The summed E-state index contributed by atoms with van der Waals surface area (Å²) in [6, 6.07) is 12.6. The fourth-order valence-corrected chi connectivity index (χ4v) is 4.82. The minimum absolute atomic E-state index is 0.0805. The van der Waals surface area contributed by atoms with Crippen molar-refractivity contribution in [2.24, 2.45) is 0 Å². The number of hydrogen-bond acceptors (Lipinski definition) is 4. The molecule has 1 saturated carbocycles. The summed E-state index contributed by atoms with van der Waals surface area (Å²) in [4.78, 5) is 12.6. The number of nitrogens with zero attached hydrogens (tertiary/aromatic N) is 1. The molecule has 6 nitrogen and oxygen atoms in total. The highest BCUT2D eigenvalue weighted by molar-refractivity contribution is 7.92. The molecule has 1 aliphatic carbocycles. The number of hydrogen-bond donors (Lipinski definition) is 1. The summed E-state index contributed by atoms with van der Waals surface area (Å²) in [5, 5.41) is 3.43. The zero-order valence-corrected chi connectivity index (χ0v) is 17.2. The molecule has 1 fully saturated rings. The van der Waals surface area contributed by atoms with Gasteiger partial charge in [-0.15, -0.1) is 0 Å². The molecule has 0 atom stereocenters. The Morgan fingerprint density at radius 3 is 2.29 bits per heavy atom. The molecule has 0 spiro atoms. The maximum atomic E-state index is 13.3. The smallest absolute Gasteiger partial charge is 0.264 e. The van der Waals surface area contributed by atoms with E-state index in [1.807, 2.05) is 0 Å². The highest BCUT2D eigenvalue weighted by atomic mass is 35.5. The molecular formula is C20H23ClN2O4S. The molecule has 1 aliphatic rings. The van der Waals surface area contributed by atoms with E-state index in [0.29, 0.717) is 16.5 Å². The fourth-order valence-electron chi connectivity index (χ4n) is 3.27. The lowest BCUT2D eigenvalue weighted by atomic mass is 10.2. The van der Waals surface area contributed by atoms with Crippen LogP contribution in [0, 0.1) is 0 Å². The molecule has 150 valence electrons. The second kappa shape index (κ2) is 8.84. The second-order valence-corrected chi connectivity index (χ2v) is 9.01. The largest absolute Gasteiger partial charge is 0.497 e. The number of ether oxygens (including phenoxy) is 1. The van der Waals surface area contributed by atoms with E-state index in [9.17, 15) is 13.2 Å². The van der Waals surface area contributed by atoms with Crippen LogP contribution in [0.25, 0.3) is 0 Å². The molecular weight excluding hydrogens is 400 g/mol. The third-order valence-electron chi connectivity index (χ3n) is 4.77. The number of amides is 1. The first-order valence-electron chi connectivity index (χ1n) is 9.12. The Balaban J connectivity index is 1.89. The van der Waals surface area contributed by atoms with Gasteiger partial charge < -0.3 is 10.1 Å². The topological polar surface area (TPSA) is 75.7 Å². The molecule has 0 aromatic heterocycles. The fraction of sp³-hybridized carbons (Fsp3) is 0.350. The van der Waals surface area contributed by atoms with Gasteiger partial charge in [0.2, 0.25) is 5.91 Å². The van der Waals surface area contributed by atoms with Crippen LogP contribution in [0.5, 0.6) is 5.75 Å². The summed E-state index contributed by atoms with van der Waals surface area (Å²) in [5.41, 5.74) is 0.377. The van der Waals surface area contributed by atoms with Crippen molar-refractivity contribution in [2.45, 2.75) is 36.6 Å². The van der Waals surface area contributed by atoms with Gasteiger partial charge in [0.15, 0.2) is 0 Å². The molecule has 2 aromatic carbocycles. The molecule has 1 N–H and O–H groups in total. The highest BCUT2D eigenvalue weighted by Crippen LogP contribution is 2.26. The SMILES string of the molecule is COc1ccc(S(=O)(=O)N(CC(=O)NC2CCCC2)c2ccc(Cl)cc2)cc1. The zero-order valence-electron chi connectivity index (χ0n) is 15.6. The lowest BCUT2D eigenvalue weighted by Crippen LogP contribution is -2.43. The molecule has 1 amide bonds. The van der Waals surface area contributed by atoms with Gasteiger partial charge in [0.1, 0.15) is 12.3 Å². The number of methoxy groups -OCH3 is 1. The molecule has 2 aromatic rings. The first-order chi connectivity index (χ1) is 13.4. The Bertz CT molecular complexity index is 908. The van der Waals surface area contributed by atoms with Crippen molar-refractivity contribution in [3.63, 3.8) is 0 Å². The standard InChI is InChI=1S/C20H23ClN2O4S/c1-27-18-10-12-19(13-11-18)28(25,26)23(17-8-6-15(21)7-9-17)14-20(24)22-16-4-2-3-5-16/h6-13,16H,2-5,14H2,1H3,(H,22,24). The average Bonchev–Trinajstić information content (AvgIpc) is 3.20. The van der Waals surface area contributed by atoms with E-state index < -0.39 is 10.0 Å². The minimum Gasteiger partial charge on any atom is -0.497 e. The summed E-state index contributed by atoms with van der Waals surface area (Å²) in [6.07, 6.45) is 4.02. The van der Waals surface area contributed by atoms with Crippen molar-refractivity contribution in [3.05, 3.63) is 53.6 Å². The maximum Gasteiger partial charge on any atom is 0.264 e. The number of halogens is 1. The van der Waals surface area contributed by atoms with E-state index in [-0.39, 0.29) is 23.4 Å². The molecule has 0 unspecified atom stereocenters. The van der Waals surface area contributed by atoms with Crippen LogP contribution in [-0.4, -0.2) is 34.0 Å². The molecule has 0 bridgehead atoms. The summed E-state index contributed by atoms with van der Waals surface area (Å²) < 4.78 is 32.7. The van der Waals surface area contributed by atoms with E-state index in [4.69, 9.17) is 16.3 Å². The van der Waals surface area contributed by atoms with Crippen LogP contribution in [0.2, 0.25) is 5.02 Å². The van der Waals surface area contributed by atoms with Crippen molar-refractivity contribution in [1.82, 2.24) is 5.32 Å². The quantitative estimate of drug-likeness (QED) is 0.739. The highest BCUT2D eigenvalue weighted by Gasteiger charge is 2.28. The Labute approximate surface area is 170 Å². The normalized spacial score (nSPS) is 14.6. The molecule has 0 heterocycles. The van der Waals surface area contributed by atoms with Gasteiger partial charge in [0, 0.05) is 11.1 Å². The molecule has 0 radical (unpaired) electrons. The first kappa shape index (κ1) is 20.5. The van der Waals surface area contributed by atoms with Gasteiger partial charge in [-0.2, -0.15) is 0 Å². The van der Waals surface area contributed by atoms with Crippen LogP contribution in [-0.2, 0) is 14.8 Å². The van der Waals surface area contributed by atoms with E-state index in [1.54, 1.807) is 36.4 Å². The number of anilines is 1. The predicted molar refractivity (Wildman–Crippen MR) is 109 cm³/mol. The summed E-state index contributed by atoms with van der Waals surface area (Å²) >= 11 is 5.94. The van der Waals surface area contributed by atoms with Gasteiger partial charge in [-0.25, -0.2) is 8.42 Å². The van der Waals surface area contributed by atoms with E-state index in [2.05, 4.69) is 5.32 Å². The monoisotopic (exact) mass is 422 g/mol. The number of carbonyl (C=O) groups excluding carboxylic acids is 1. The Morgan fingerprint density at radius 1 is 1.11 bits per heavy atom. The minimum atomic E-state index is -3.95. The van der Waals surface area contributed by atoms with E-state index in [1.165, 1.54) is 19.2 Å². The maximum absolute atomic E-state index is 13.3. The average molecular weight is 423 g/mol. The molecule has 8 heteroatoms. The third-order valence-corrected chi connectivity index (χ3v) is 6.81. The Kier molecular flexibility index (Phi) is 6.46. The Morgan fingerprint density at radius 2 is 1.71 bits per heavy atom. The van der Waals surface area contributed by atoms with Crippen molar-refractivity contribution in [2.75, 3.05) is 18.0 Å². The lowest BCUT2D eigenvalue weighted by molar-refractivity contribution is -0.120. The second-order valence-electron chi connectivity index (χ2n) is 6.71. The van der Waals surface area contributed by atoms with Crippen LogP contribution in [0.4, 0.5) is 5.69 Å².